The molecule has 0 radical (unpaired) electrons. The number of sulfone groups is 1. The van der Waals surface area contributed by atoms with E-state index in [-0.39, 0.29) is 10.6 Å². The SMILES string of the molecule is Cc1cc(CNc2ccccc2S(=O)(=O)C(F)F)c(C)s1. The van der Waals surface area contributed by atoms with Gasteiger partial charge >= 0.3 is 5.76 Å². The van der Waals surface area contributed by atoms with Gasteiger partial charge < -0.3 is 5.32 Å². The van der Waals surface area contributed by atoms with E-state index in [1.807, 2.05) is 19.9 Å². The van der Waals surface area contributed by atoms with Gasteiger partial charge in [-0.1, -0.05) is 12.1 Å². The summed E-state index contributed by atoms with van der Waals surface area (Å²) in [4.78, 5) is 1.90. The maximum atomic E-state index is 12.7. The highest BCUT2D eigenvalue weighted by Gasteiger charge is 2.28. The van der Waals surface area contributed by atoms with Crippen molar-refractivity contribution in [1.82, 2.24) is 0 Å². The molecule has 21 heavy (non-hydrogen) atoms. The molecular formula is C14H15F2NO2S2. The molecule has 2 rings (SSSR count). The van der Waals surface area contributed by atoms with Crippen LogP contribution in [0.5, 0.6) is 0 Å². The van der Waals surface area contributed by atoms with Gasteiger partial charge in [-0.2, -0.15) is 8.78 Å². The summed E-state index contributed by atoms with van der Waals surface area (Å²) in [7, 11) is -4.61. The van der Waals surface area contributed by atoms with Gasteiger partial charge in [0.2, 0.25) is 9.84 Å². The standard InChI is InChI=1S/C14H15F2NO2S2/c1-9-7-11(10(2)20-9)8-17-12-5-3-4-6-13(12)21(18,19)14(15)16/h3-7,14,17H,8H2,1-2H3. The van der Waals surface area contributed by atoms with Gasteiger partial charge in [-0.15, -0.1) is 11.3 Å². The van der Waals surface area contributed by atoms with Gasteiger partial charge in [-0.05, 0) is 37.6 Å². The van der Waals surface area contributed by atoms with Crippen molar-refractivity contribution < 1.29 is 17.2 Å². The first-order valence-electron chi connectivity index (χ1n) is 6.23. The number of para-hydroxylation sites is 1. The minimum Gasteiger partial charge on any atom is -0.380 e. The highest BCUT2D eigenvalue weighted by molar-refractivity contribution is 7.91. The second kappa shape index (κ2) is 6.11. The van der Waals surface area contributed by atoms with E-state index in [2.05, 4.69) is 5.32 Å². The molecule has 0 bridgehead atoms. The van der Waals surface area contributed by atoms with Crippen LogP contribution in [-0.2, 0) is 16.4 Å². The first-order chi connectivity index (χ1) is 9.82. The molecule has 7 heteroatoms. The number of halogens is 2. The normalized spacial score (nSPS) is 11.9. The highest BCUT2D eigenvalue weighted by atomic mass is 32.2. The Hall–Kier alpha value is -1.47. The fraction of sp³-hybridized carbons (Fsp3) is 0.286. The number of thiophene rings is 1. The maximum absolute atomic E-state index is 12.7. The Labute approximate surface area is 126 Å². The summed E-state index contributed by atoms with van der Waals surface area (Å²) >= 11 is 1.64. The van der Waals surface area contributed by atoms with E-state index in [4.69, 9.17) is 0 Å². The average molecular weight is 331 g/mol. The van der Waals surface area contributed by atoms with Crippen LogP contribution in [0.15, 0.2) is 35.2 Å². The molecule has 1 aromatic carbocycles. The topological polar surface area (TPSA) is 46.2 Å². The number of hydrogen-bond donors (Lipinski definition) is 1. The van der Waals surface area contributed by atoms with E-state index in [1.54, 1.807) is 17.4 Å². The van der Waals surface area contributed by atoms with Crippen molar-refractivity contribution in [2.24, 2.45) is 0 Å². The third-order valence-electron chi connectivity index (χ3n) is 3.04. The van der Waals surface area contributed by atoms with Crippen molar-refractivity contribution >= 4 is 26.9 Å². The Morgan fingerprint density at radius 2 is 1.90 bits per heavy atom. The zero-order valence-electron chi connectivity index (χ0n) is 11.6. The zero-order chi connectivity index (χ0) is 15.6. The summed E-state index contributed by atoms with van der Waals surface area (Å²) < 4.78 is 48.7. The molecule has 114 valence electrons. The van der Waals surface area contributed by atoms with Crippen molar-refractivity contribution in [2.45, 2.75) is 31.0 Å². The Bertz CT molecular complexity index is 739. The predicted molar refractivity (Wildman–Crippen MR) is 80.8 cm³/mol. The van der Waals surface area contributed by atoms with Gasteiger partial charge in [0, 0.05) is 16.3 Å². The van der Waals surface area contributed by atoms with Crippen LogP contribution in [0.3, 0.4) is 0 Å². The molecule has 0 aliphatic carbocycles. The van der Waals surface area contributed by atoms with E-state index >= 15 is 0 Å². The second-order valence-corrected chi connectivity index (χ2v) is 7.94. The Kier molecular flexibility index (Phi) is 4.63. The maximum Gasteiger partial charge on any atom is 0.341 e. The zero-order valence-corrected chi connectivity index (χ0v) is 13.2. The molecule has 0 aliphatic heterocycles. The smallest absolute Gasteiger partial charge is 0.341 e. The van der Waals surface area contributed by atoms with Gasteiger partial charge in [-0.25, -0.2) is 8.42 Å². The van der Waals surface area contributed by atoms with Crippen LogP contribution >= 0.6 is 11.3 Å². The number of nitrogens with one attached hydrogen (secondary N) is 1. The van der Waals surface area contributed by atoms with Crippen LogP contribution in [0.2, 0.25) is 0 Å². The van der Waals surface area contributed by atoms with Gasteiger partial charge in [0.15, 0.2) is 0 Å². The molecule has 0 atom stereocenters. The minimum atomic E-state index is -4.61. The molecule has 1 aromatic heterocycles. The van der Waals surface area contributed by atoms with Crippen molar-refractivity contribution in [3.63, 3.8) is 0 Å². The fourth-order valence-corrected chi connectivity index (χ4v) is 3.86. The summed E-state index contributed by atoms with van der Waals surface area (Å²) in [6, 6.07) is 7.72. The lowest BCUT2D eigenvalue weighted by atomic mass is 10.2. The molecule has 3 nitrogen and oxygen atoms in total. The van der Waals surface area contributed by atoms with Crippen molar-refractivity contribution in [2.75, 3.05) is 5.32 Å². The van der Waals surface area contributed by atoms with Gasteiger partial charge in [-0.3, -0.25) is 0 Å². The van der Waals surface area contributed by atoms with Gasteiger partial charge in [0.1, 0.15) is 0 Å². The first-order valence-corrected chi connectivity index (χ1v) is 8.59. The summed E-state index contributed by atoms with van der Waals surface area (Å²) in [5.41, 5.74) is 1.22. The van der Waals surface area contributed by atoms with Crippen LogP contribution < -0.4 is 5.32 Å². The third-order valence-corrected chi connectivity index (χ3v) is 5.49. The number of anilines is 1. The largest absolute Gasteiger partial charge is 0.380 e. The molecule has 1 N–H and O–H groups in total. The van der Waals surface area contributed by atoms with Crippen molar-refractivity contribution in [3.8, 4) is 0 Å². The molecule has 0 unspecified atom stereocenters. The lowest BCUT2D eigenvalue weighted by Gasteiger charge is -2.12. The number of hydrogen-bond acceptors (Lipinski definition) is 4. The predicted octanol–water partition coefficient (Wildman–Crippen LogP) is 3.97. The fourth-order valence-electron chi connectivity index (χ4n) is 2.01. The van der Waals surface area contributed by atoms with Gasteiger partial charge in [0.05, 0.1) is 10.6 Å². The molecule has 2 aromatic rings. The van der Waals surface area contributed by atoms with Crippen LogP contribution in [-0.4, -0.2) is 14.2 Å². The van der Waals surface area contributed by atoms with E-state index in [0.29, 0.717) is 6.54 Å². The van der Waals surface area contributed by atoms with E-state index in [1.165, 1.54) is 18.2 Å². The van der Waals surface area contributed by atoms with Crippen molar-refractivity contribution in [1.29, 1.82) is 0 Å². The molecule has 0 spiro atoms. The Morgan fingerprint density at radius 3 is 2.48 bits per heavy atom. The number of benzene rings is 1. The quantitative estimate of drug-likeness (QED) is 0.901. The summed E-state index contributed by atoms with van der Waals surface area (Å²) in [5, 5.41) is 2.94. The van der Waals surface area contributed by atoms with Crippen LogP contribution in [0.1, 0.15) is 15.3 Å². The Morgan fingerprint density at radius 1 is 1.24 bits per heavy atom. The molecule has 0 saturated carbocycles. The molecule has 0 amide bonds. The Balaban J connectivity index is 2.28. The van der Waals surface area contributed by atoms with Crippen LogP contribution in [0, 0.1) is 13.8 Å². The monoisotopic (exact) mass is 331 g/mol. The van der Waals surface area contributed by atoms with E-state index in [0.717, 1.165) is 15.3 Å². The summed E-state index contributed by atoms with van der Waals surface area (Å²) in [6.07, 6.45) is 0. The molecule has 0 fully saturated rings. The number of aryl methyl sites for hydroxylation is 2. The lowest BCUT2D eigenvalue weighted by molar-refractivity contribution is 0.235. The molecule has 0 saturated heterocycles. The van der Waals surface area contributed by atoms with Crippen LogP contribution in [0.4, 0.5) is 14.5 Å². The number of rotatable bonds is 5. The average Bonchev–Trinajstić information content (AvgIpc) is 2.74. The van der Waals surface area contributed by atoms with E-state index in [9.17, 15) is 17.2 Å². The lowest BCUT2D eigenvalue weighted by Crippen LogP contribution is -2.14. The highest BCUT2D eigenvalue weighted by Crippen LogP contribution is 2.27. The molecule has 0 aliphatic rings. The van der Waals surface area contributed by atoms with E-state index < -0.39 is 15.6 Å². The minimum absolute atomic E-state index is 0.195. The molecular weight excluding hydrogens is 316 g/mol. The molecule has 1 heterocycles. The summed E-state index contributed by atoms with van der Waals surface area (Å²) in [6.45, 7) is 4.35. The summed E-state index contributed by atoms with van der Waals surface area (Å²) in [5.74, 6) is -3.43. The first kappa shape index (κ1) is 15.9. The van der Waals surface area contributed by atoms with Crippen LogP contribution in [0.25, 0.3) is 0 Å². The third kappa shape index (κ3) is 3.41. The number of alkyl halides is 2. The van der Waals surface area contributed by atoms with Crippen molar-refractivity contribution in [3.05, 3.63) is 45.6 Å². The second-order valence-electron chi connectivity index (χ2n) is 4.59. The van der Waals surface area contributed by atoms with Gasteiger partial charge in [0.25, 0.3) is 0 Å².